The second kappa shape index (κ2) is 5.50. The van der Waals surface area contributed by atoms with Crippen LogP contribution in [0.4, 0.5) is 5.69 Å². The van der Waals surface area contributed by atoms with Crippen molar-refractivity contribution in [2.24, 2.45) is 0 Å². The molecule has 18 heavy (non-hydrogen) atoms. The lowest BCUT2D eigenvalue weighted by molar-refractivity contribution is 0.102. The maximum atomic E-state index is 12.0. The van der Waals surface area contributed by atoms with Gasteiger partial charge >= 0.3 is 0 Å². The number of nitrogens with one attached hydrogen (secondary N) is 1. The highest BCUT2D eigenvalue weighted by Gasteiger charge is 2.09. The zero-order valence-electron chi connectivity index (χ0n) is 9.58. The molecule has 0 spiro atoms. The number of benzene rings is 1. The van der Waals surface area contributed by atoms with Crippen LogP contribution in [-0.2, 0) is 0 Å². The first-order chi connectivity index (χ1) is 8.58. The van der Waals surface area contributed by atoms with E-state index in [9.17, 15) is 4.79 Å². The molecule has 1 N–H and O–H groups in total. The lowest BCUT2D eigenvalue weighted by Gasteiger charge is -2.08. The van der Waals surface area contributed by atoms with Crippen molar-refractivity contribution < 1.29 is 4.79 Å². The fraction of sp³-hybridized carbons (Fsp3) is 0.0769. The lowest BCUT2D eigenvalue weighted by Crippen LogP contribution is -2.12. The third-order valence-corrected chi connectivity index (χ3v) is 3.66. The molecular weight excluding hydrogens is 316 g/mol. The Bertz CT molecular complexity index is 601. The van der Waals surface area contributed by atoms with E-state index in [2.05, 4.69) is 26.2 Å². The van der Waals surface area contributed by atoms with Crippen LogP contribution in [0.1, 0.15) is 15.9 Å². The molecule has 0 fully saturated rings. The van der Waals surface area contributed by atoms with Gasteiger partial charge in [0.05, 0.1) is 5.02 Å². The van der Waals surface area contributed by atoms with Gasteiger partial charge in [-0.15, -0.1) is 0 Å². The van der Waals surface area contributed by atoms with Crippen molar-refractivity contribution in [1.29, 1.82) is 0 Å². The molecule has 0 saturated heterocycles. The molecule has 0 aliphatic carbocycles. The van der Waals surface area contributed by atoms with E-state index in [4.69, 9.17) is 11.6 Å². The van der Waals surface area contributed by atoms with Gasteiger partial charge in [-0.25, -0.2) is 0 Å². The third kappa shape index (κ3) is 2.89. The summed E-state index contributed by atoms with van der Waals surface area (Å²) in [4.78, 5) is 16.0. The second-order valence-corrected chi connectivity index (χ2v) is 5.04. The van der Waals surface area contributed by atoms with Crippen molar-refractivity contribution in [2.45, 2.75) is 6.92 Å². The number of carbonyl (C=O) groups is 1. The molecule has 0 saturated carbocycles. The Labute approximate surface area is 118 Å². The van der Waals surface area contributed by atoms with Crippen LogP contribution >= 0.6 is 27.5 Å². The number of pyridine rings is 1. The van der Waals surface area contributed by atoms with E-state index in [1.54, 1.807) is 36.7 Å². The van der Waals surface area contributed by atoms with E-state index in [1.807, 2.05) is 6.92 Å². The number of nitrogens with zero attached hydrogens (tertiary/aromatic N) is 1. The number of halogens is 2. The average molecular weight is 326 g/mol. The summed E-state index contributed by atoms with van der Waals surface area (Å²) >= 11 is 9.18. The molecule has 1 aromatic heterocycles. The standard InChI is InChI=1S/C13H10BrClN2O/c1-8-7-16-5-4-12(8)17-13(18)9-2-3-11(15)10(14)6-9/h2-7H,1H3,(H,16,17,18). The monoisotopic (exact) mass is 324 g/mol. The van der Waals surface area contributed by atoms with Gasteiger partial charge in [0.1, 0.15) is 0 Å². The van der Waals surface area contributed by atoms with Gasteiger partial charge in [-0.2, -0.15) is 0 Å². The van der Waals surface area contributed by atoms with Crippen molar-refractivity contribution >= 4 is 39.1 Å². The molecule has 1 aromatic carbocycles. The summed E-state index contributed by atoms with van der Waals surface area (Å²) in [6.45, 7) is 1.89. The summed E-state index contributed by atoms with van der Waals surface area (Å²) < 4.78 is 0.697. The highest BCUT2D eigenvalue weighted by molar-refractivity contribution is 9.10. The first-order valence-electron chi connectivity index (χ1n) is 5.25. The van der Waals surface area contributed by atoms with Crippen molar-refractivity contribution in [1.82, 2.24) is 4.98 Å². The van der Waals surface area contributed by atoms with Crippen LogP contribution in [0.3, 0.4) is 0 Å². The average Bonchev–Trinajstić information content (AvgIpc) is 2.35. The van der Waals surface area contributed by atoms with Crippen LogP contribution in [0.2, 0.25) is 5.02 Å². The van der Waals surface area contributed by atoms with E-state index in [1.165, 1.54) is 0 Å². The Balaban J connectivity index is 2.22. The van der Waals surface area contributed by atoms with Gasteiger partial charge < -0.3 is 5.32 Å². The minimum atomic E-state index is -0.179. The molecule has 0 bridgehead atoms. The Morgan fingerprint density at radius 2 is 2.17 bits per heavy atom. The third-order valence-electron chi connectivity index (χ3n) is 2.45. The summed E-state index contributed by atoms with van der Waals surface area (Å²) in [6.07, 6.45) is 3.34. The maximum absolute atomic E-state index is 12.0. The van der Waals surface area contributed by atoms with Crippen LogP contribution in [0.15, 0.2) is 41.1 Å². The SMILES string of the molecule is Cc1cnccc1NC(=O)c1ccc(Cl)c(Br)c1. The quantitative estimate of drug-likeness (QED) is 0.905. The Hall–Kier alpha value is -1.39. The molecule has 0 aliphatic rings. The lowest BCUT2D eigenvalue weighted by atomic mass is 10.2. The normalized spacial score (nSPS) is 10.2. The summed E-state index contributed by atoms with van der Waals surface area (Å²) in [6, 6.07) is 6.81. The fourth-order valence-corrected chi connectivity index (χ4v) is 1.94. The largest absolute Gasteiger partial charge is 0.322 e. The first kappa shape index (κ1) is 13.1. The second-order valence-electron chi connectivity index (χ2n) is 3.77. The number of anilines is 1. The molecule has 92 valence electrons. The summed E-state index contributed by atoms with van der Waals surface area (Å²) in [5.41, 5.74) is 2.21. The van der Waals surface area contributed by atoms with Gasteiger partial charge in [-0.3, -0.25) is 9.78 Å². The van der Waals surface area contributed by atoms with Crippen molar-refractivity contribution in [3.63, 3.8) is 0 Å². The van der Waals surface area contributed by atoms with Gasteiger partial charge in [-0.1, -0.05) is 11.6 Å². The van der Waals surface area contributed by atoms with E-state index < -0.39 is 0 Å². The van der Waals surface area contributed by atoms with E-state index >= 15 is 0 Å². The summed E-state index contributed by atoms with van der Waals surface area (Å²) in [5.74, 6) is -0.179. The predicted molar refractivity (Wildman–Crippen MR) is 76.1 cm³/mol. The number of carbonyl (C=O) groups excluding carboxylic acids is 1. The zero-order valence-corrected chi connectivity index (χ0v) is 11.9. The Morgan fingerprint density at radius 1 is 1.39 bits per heavy atom. The molecule has 0 radical (unpaired) electrons. The Morgan fingerprint density at radius 3 is 2.83 bits per heavy atom. The number of rotatable bonds is 2. The Kier molecular flexibility index (Phi) is 3.99. The van der Waals surface area contributed by atoms with Gasteiger partial charge in [0.2, 0.25) is 0 Å². The molecule has 2 aromatic rings. The number of aryl methyl sites for hydroxylation is 1. The fourth-order valence-electron chi connectivity index (χ4n) is 1.45. The zero-order chi connectivity index (χ0) is 13.1. The molecular formula is C13H10BrClN2O. The van der Waals surface area contributed by atoms with Crippen molar-refractivity contribution in [2.75, 3.05) is 5.32 Å². The number of hydrogen-bond acceptors (Lipinski definition) is 2. The van der Waals surface area contributed by atoms with E-state index in [0.29, 0.717) is 15.1 Å². The summed E-state index contributed by atoms with van der Waals surface area (Å²) in [5, 5.41) is 3.41. The molecule has 2 rings (SSSR count). The van der Waals surface area contributed by atoms with Gasteiger partial charge in [0.25, 0.3) is 5.91 Å². The molecule has 5 heteroatoms. The molecule has 3 nitrogen and oxygen atoms in total. The van der Waals surface area contributed by atoms with Crippen molar-refractivity contribution in [3.8, 4) is 0 Å². The highest BCUT2D eigenvalue weighted by atomic mass is 79.9. The first-order valence-corrected chi connectivity index (χ1v) is 6.42. The van der Waals surface area contributed by atoms with Crippen LogP contribution in [0.25, 0.3) is 0 Å². The molecule has 0 unspecified atom stereocenters. The molecule has 0 atom stereocenters. The topological polar surface area (TPSA) is 42.0 Å². The minimum Gasteiger partial charge on any atom is -0.322 e. The highest BCUT2D eigenvalue weighted by Crippen LogP contribution is 2.24. The van der Waals surface area contributed by atoms with Crippen LogP contribution in [-0.4, -0.2) is 10.9 Å². The number of aromatic nitrogens is 1. The minimum absolute atomic E-state index is 0.179. The van der Waals surface area contributed by atoms with Gasteiger partial charge in [0, 0.05) is 28.1 Å². The van der Waals surface area contributed by atoms with Gasteiger partial charge in [0.15, 0.2) is 0 Å². The number of hydrogen-bond donors (Lipinski definition) is 1. The van der Waals surface area contributed by atoms with Gasteiger partial charge in [-0.05, 0) is 52.7 Å². The maximum Gasteiger partial charge on any atom is 0.255 e. The smallest absolute Gasteiger partial charge is 0.255 e. The number of amides is 1. The summed E-state index contributed by atoms with van der Waals surface area (Å²) in [7, 11) is 0. The van der Waals surface area contributed by atoms with Crippen LogP contribution in [0.5, 0.6) is 0 Å². The van der Waals surface area contributed by atoms with Crippen molar-refractivity contribution in [3.05, 3.63) is 57.3 Å². The van der Waals surface area contributed by atoms with Crippen LogP contribution < -0.4 is 5.32 Å². The van der Waals surface area contributed by atoms with E-state index in [0.717, 1.165) is 11.3 Å². The molecule has 1 amide bonds. The van der Waals surface area contributed by atoms with E-state index in [-0.39, 0.29) is 5.91 Å². The molecule has 1 heterocycles. The molecule has 0 aliphatic heterocycles. The van der Waals surface area contributed by atoms with Crippen LogP contribution in [0, 0.1) is 6.92 Å². The predicted octanol–water partition coefficient (Wildman–Crippen LogP) is 4.06.